The van der Waals surface area contributed by atoms with E-state index in [2.05, 4.69) is 26.6 Å². The quantitative estimate of drug-likeness (QED) is 0.505. The number of halogens is 1. The molecule has 0 aliphatic heterocycles. The number of carbonyl (C=O) groups excluding carboxylic acids is 2. The molecule has 3 aromatic rings. The zero-order chi connectivity index (χ0) is 21.3. The molecule has 0 aliphatic carbocycles. The number of rotatable bonds is 8. The van der Waals surface area contributed by atoms with Crippen molar-refractivity contribution in [3.05, 3.63) is 99.5 Å². The van der Waals surface area contributed by atoms with Gasteiger partial charge in [0.1, 0.15) is 12.4 Å². The smallest absolute Gasteiger partial charge is 0.255 e. The van der Waals surface area contributed by atoms with Crippen molar-refractivity contribution in [3.63, 3.8) is 0 Å². The molecule has 154 valence electrons. The van der Waals surface area contributed by atoms with E-state index in [4.69, 9.17) is 4.74 Å². The lowest BCUT2D eigenvalue weighted by molar-refractivity contribution is 0.0943. The van der Waals surface area contributed by atoms with Gasteiger partial charge in [0.2, 0.25) is 0 Å². The minimum Gasteiger partial charge on any atom is -0.488 e. The molecular weight excluding hydrogens is 444 g/mol. The molecule has 5 nitrogen and oxygen atoms in total. The molecule has 0 bridgehead atoms. The standard InChI is InChI=1S/C24H23BrN2O3/c1-2-26-23(28)19-9-5-7-17(13-19)15-27-24(29)21-11-3-4-12-22(21)30-16-18-8-6-10-20(25)14-18/h3-14H,2,15-16H2,1H3,(H,26,28)(H,27,29). The number of benzene rings is 3. The topological polar surface area (TPSA) is 67.4 Å². The lowest BCUT2D eigenvalue weighted by Gasteiger charge is -2.12. The van der Waals surface area contributed by atoms with Crippen molar-refractivity contribution in [3.8, 4) is 5.75 Å². The molecule has 0 aromatic heterocycles. The van der Waals surface area contributed by atoms with E-state index >= 15 is 0 Å². The van der Waals surface area contributed by atoms with Crippen molar-refractivity contribution in [1.82, 2.24) is 10.6 Å². The fraction of sp³-hybridized carbons (Fsp3) is 0.167. The van der Waals surface area contributed by atoms with Crippen LogP contribution in [0.1, 0.15) is 38.8 Å². The Balaban J connectivity index is 1.65. The largest absolute Gasteiger partial charge is 0.488 e. The van der Waals surface area contributed by atoms with Gasteiger partial charge in [-0.15, -0.1) is 0 Å². The molecule has 0 unspecified atom stereocenters. The third-order valence-electron chi connectivity index (χ3n) is 4.39. The average molecular weight is 467 g/mol. The average Bonchev–Trinajstić information content (AvgIpc) is 2.77. The molecule has 0 saturated carbocycles. The molecule has 0 atom stereocenters. The van der Waals surface area contributed by atoms with Crippen molar-refractivity contribution in [2.75, 3.05) is 6.54 Å². The van der Waals surface area contributed by atoms with Crippen molar-refractivity contribution >= 4 is 27.7 Å². The number of para-hydroxylation sites is 1. The van der Waals surface area contributed by atoms with Gasteiger partial charge in [-0.1, -0.05) is 52.3 Å². The van der Waals surface area contributed by atoms with Gasteiger partial charge < -0.3 is 15.4 Å². The molecule has 0 aliphatic rings. The van der Waals surface area contributed by atoms with Crippen LogP contribution in [-0.2, 0) is 13.2 Å². The second kappa shape index (κ2) is 10.6. The minimum atomic E-state index is -0.233. The summed E-state index contributed by atoms with van der Waals surface area (Å²) in [5.74, 6) is 0.159. The van der Waals surface area contributed by atoms with Crippen LogP contribution in [0.4, 0.5) is 0 Å². The van der Waals surface area contributed by atoms with Gasteiger partial charge in [-0.25, -0.2) is 0 Å². The molecule has 3 rings (SSSR count). The molecule has 0 saturated heterocycles. The summed E-state index contributed by atoms with van der Waals surface area (Å²) < 4.78 is 6.87. The summed E-state index contributed by atoms with van der Waals surface area (Å²) >= 11 is 3.45. The van der Waals surface area contributed by atoms with Crippen LogP contribution < -0.4 is 15.4 Å². The van der Waals surface area contributed by atoms with Gasteiger partial charge in [-0.2, -0.15) is 0 Å². The zero-order valence-corrected chi connectivity index (χ0v) is 18.2. The molecular formula is C24H23BrN2O3. The molecule has 6 heteroatoms. The molecule has 0 radical (unpaired) electrons. The first-order chi connectivity index (χ1) is 14.6. The molecule has 2 N–H and O–H groups in total. The normalized spacial score (nSPS) is 10.3. The first-order valence-corrected chi connectivity index (χ1v) is 10.5. The van der Waals surface area contributed by atoms with Crippen molar-refractivity contribution in [2.45, 2.75) is 20.1 Å². The highest BCUT2D eigenvalue weighted by molar-refractivity contribution is 9.10. The first-order valence-electron chi connectivity index (χ1n) is 9.68. The predicted octanol–water partition coefficient (Wildman–Crippen LogP) is 4.71. The Morgan fingerprint density at radius 1 is 0.867 bits per heavy atom. The molecule has 0 fully saturated rings. The summed E-state index contributed by atoms with van der Waals surface area (Å²) in [5, 5.41) is 5.68. The van der Waals surface area contributed by atoms with Crippen LogP contribution in [0.5, 0.6) is 5.75 Å². The SMILES string of the molecule is CCNC(=O)c1cccc(CNC(=O)c2ccccc2OCc2cccc(Br)c2)c1. The number of carbonyl (C=O) groups is 2. The second-order valence-electron chi connectivity index (χ2n) is 6.66. The van der Waals surface area contributed by atoms with Gasteiger partial charge in [0.15, 0.2) is 0 Å². The van der Waals surface area contributed by atoms with E-state index in [-0.39, 0.29) is 11.8 Å². The van der Waals surface area contributed by atoms with Crippen molar-refractivity contribution in [1.29, 1.82) is 0 Å². The van der Waals surface area contributed by atoms with Crippen LogP contribution in [0.15, 0.2) is 77.3 Å². The van der Waals surface area contributed by atoms with Gasteiger partial charge in [0, 0.05) is 23.1 Å². The third-order valence-corrected chi connectivity index (χ3v) is 4.89. The van der Waals surface area contributed by atoms with Crippen LogP contribution >= 0.6 is 15.9 Å². The Labute approximate surface area is 184 Å². The van der Waals surface area contributed by atoms with E-state index in [1.54, 1.807) is 36.4 Å². The van der Waals surface area contributed by atoms with Crippen LogP contribution in [0.2, 0.25) is 0 Å². The van der Waals surface area contributed by atoms with E-state index < -0.39 is 0 Å². The van der Waals surface area contributed by atoms with E-state index in [1.807, 2.05) is 43.3 Å². The summed E-state index contributed by atoms with van der Waals surface area (Å²) in [6.45, 7) is 3.11. The fourth-order valence-corrected chi connectivity index (χ4v) is 3.38. The molecule has 30 heavy (non-hydrogen) atoms. The monoisotopic (exact) mass is 466 g/mol. The highest BCUT2D eigenvalue weighted by Gasteiger charge is 2.13. The van der Waals surface area contributed by atoms with Gasteiger partial charge in [0.05, 0.1) is 5.56 Å². The first kappa shape index (κ1) is 21.6. The number of amides is 2. The number of hydrogen-bond acceptors (Lipinski definition) is 3. The van der Waals surface area contributed by atoms with Crippen molar-refractivity contribution < 1.29 is 14.3 Å². The Morgan fingerprint density at radius 3 is 2.43 bits per heavy atom. The zero-order valence-electron chi connectivity index (χ0n) is 16.7. The molecule has 0 spiro atoms. The van der Waals surface area contributed by atoms with Crippen LogP contribution in [0, 0.1) is 0 Å². The summed E-state index contributed by atoms with van der Waals surface area (Å²) in [5.41, 5.74) is 2.88. The maximum absolute atomic E-state index is 12.7. The fourth-order valence-electron chi connectivity index (χ4n) is 2.93. The van der Waals surface area contributed by atoms with Gasteiger partial charge in [-0.05, 0) is 54.4 Å². The summed E-state index contributed by atoms with van der Waals surface area (Å²) in [7, 11) is 0. The van der Waals surface area contributed by atoms with E-state index in [0.717, 1.165) is 15.6 Å². The molecule has 0 heterocycles. The minimum absolute atomic E-state index is 0.128. The number of nitrogens with one attached hydrogen (secondary N) is 2. The third kappa shape index (κ3) is 5.94. The highest BCUT2D eigenvalue weighted by atomic mass is 79.9. The lowest BCUT2D eigenvalue weighted by Crippen LogP contribution is -2.25. The summed E-state index contributed by atoms with van der Waals surface area (Å²) in [6, 6.07) is 22.2. The Bertz CT molecular complexity index is 1040. The maximum Gasteiger partial charge on any atom is 0.255 e. The van der Waals surface area contributed by atoms with E-state index in [9.17, 15) is 9.59 Å². The Morgan fingerprint density at radius 2 is 1.63 bits per heavy atom. The summed E-state index contributed by atoms with van der Waals surface area (Å²) in [4.78, 5) is 24.7. The predicted molar refractivity (Wildman–Crippen MR) is 121 cm³/mol. The van der Waals surface area contributed by atoms with Crippen LogP contribution in [0.25, 0.3) is 0 Å². The Kier molecular flexibility index (Phi) is 7.63. The molecule has 3 aromatic carbocycles. The van der Waals surface area contributed by atoms with Crippen LogP contribution in [-0.4, -0.2) is 18.4 Å². The van der Waals surface area contributed by atoms with Crippen LogP contribution in [0.3, 0.4) is 0 Å². The van der Waals surface area contributed by atoms with E-state index in [1.165, 1.54) is 0 Å². The van der Waals surface area contributed by atoms with Gasteiger partial charge >= 0.3 is 0 Å². The second-order valence-corrected chi connectivity index (χ2v) is 7.57. The van der Waals surface area contributed by atoms with Gasteiger partial charge in [0.25, 0.3) is 11.8 Å². The molecule has 2 amide bonds. The van der Waals surface area contributed by atoms with Crippen molar-refractivity contribution in [2.24, 2.45) is 0 Å². The highest BCUT2D eigenvalue weighted by Crippen LogP contribution is 2.20. The number of hydrogen-bond donors (Lipinski definition) is 2. The van der Waals surface area contributed by atoms with Gasteiger partial charge in [-0.3, -0.25) is 9.59 Å². The summed E-state index contributed by atoms with van der Waals surface area (Å²) in [6.07, 6.45) is 0. The Hall–Kier alpha value is -3.12. The van der Waals surface area contributed by atoms with E-state index in [0.29, 0.717) is 36.6 Å². The number of ether oxygens (including phenoxy) is 1. The maximum atomic E-state index is 12.7. The lowest BCUT2D eigenvalue weighted by atomic mass is 10.1.